The van der Waals surface area contributed by atoms with Crippen molar-refractivity contribution >= 4 is 12.3 Å². The van der Waals surface area contributed by atoms with Gasteiger partial charge in [-0.05, 0) is 17.9 Å². The number of benzene rings is 1. The van der Waals surface area contributed by atoms with Crippen molar-refractivity contribution in [2.75, 3.05) is 0 Å². The van der Waals surface area contributed by atoms with Crippen molar-refractivity contribution in [2.45, 2.75) is 51.6 Å². The summed E-state index contributed by atoms with van der Waals surface area (Å²) in [6, 6.07) is 9.65. The zero-order chi connectivity index (χ0) is 14.9. The highest BCUT2D eigenvalue weighted by molar-refractivity contribution is 5.75. The fourth-order valence-electron chi connectivity index (χ4n) is 3.08. The lowest BCUT2D eigenvalue weighted by Crippen LogP contribution is -2.22. The van der Waals surface area contributed by atoms with E-state index in [1.165, 1.54) is 32.1 Å². The van der Waals surface area contributed by atoms with Crippen LogP contribution in [0.4, 0.5) is 0 Å². The van der Waals surface area contributed by atoms with Gasteiger partial charge in [-0.25, -0.2) is 0 Å². The number of rotatable bonds is 7. The molecular weight excluding hydrogens is 264 g/mol. The van der Waals surface area contributed by atoms with Crippen molar-refractivity contribution in [3.63, 3.8) is 0 Å². The average Bonchev–Trinajstić information content (AvgIpc) is 2.54. The van der Waals surface area contributed by atoms with Crippen LogP contribution in [0.25, 0.3) is 0 Å². The Morgan fingerprint density at radius 3 is 2.57 bits per heavy atom. The molecule has 3 heteroatoms. The molecule has 0 N–H and O–H groups in total. The largest absolute Gasteiger partial charge is 0.461 e. The molecule has 1 aromatic rings. The molecule has 1 atom stereocenters. The van der Waals surface area contributed by atoms with Gasteiger partial charge in [0.25, 0.3) is 0 Å². The van der Waals surface area contributed by atoms with Crippen LogP contribution >= 0.6 is 0 Å². The van der Waals surface area contributed by atoms with Crippen LogP contribution in [0.15, 0.2) is 30.3 Å². The predicted octanol–water partition coefficient (Wildman–Crippen LogP) is 3.91. The number of hydrogen-bond acceptors (Lipinski definition) is 3. The molecule has 0 spiro atoms. The van der Waals surface area contributed by atoms with Crippen LogP contribution < -0.4 is 0 Å². The monoisotopic (exact) mass is 288 g/mol. The molecule has 21 heavy (non-hydrogen) atoms. The average molecular weight is 288 g/mol. The highest BCUT2D eigenvalue weighted by Crippen LogP contribution is 2.30. The highest BCUT2D eigenvalue weighted by atomic mass is 16.5. The van der Waals surface area contributed by atoms with E-state index in [1.54, 1.807) is 0 Å². The zero-order valence-electron chi connectivity index (χ0n) is 12.5. The lowest BCUT2D eigenvalue weighted by molar-refractivity contribution is -0.151. The maximum Gasteiger partial charge on any atom is 0.309 e. The lowest BCUT2D eigenvalue weighted by atomic mass is 9.82. The maximum atomic E-state index is 12.2. The minimum Gasteiger partial charge on any atom is -0.461 e. The van der Waals surface area contributed by atoms with Gasteiger partial charge in [-0.1, -0.05) is 62.4 Å². The first-order valence-corrected chi connectivity index (χ1v) is 7.94. The van der Waals surface area contributed by atoms with Crippen LogP contribution in [0.3, 0.4) is 0 Å². The van der Waals surface area contributed by atoms with E-state index in [0.717, 1.165) is 18.3 Å². The molecule has 0 heterocycles. The van der Waals surface area contributed by atoms with E-state index in [1.807, 2.05) is 30.3 Å². The first-order valence-electron chi connectivity index (χ1n) is 7.94. The molecule has 2 rings (SSSR count). The summed E-state index contributed by atoms with van der Waals surface area (Å²) in [5, 5.41) is 0. The molecule has 114 valence electrons. The third kappa shape index (κ3) is 5.33. The zero-order valence-corrected chi connectivity index (χ0v) is 12.5. The van der Waals surface area contributed by atoms with E-state index in [4.69, 9.17) is 4.74 Å². The molecule has 1 fully saturated rings. The summed E-state index contributed by atoms with van der Waals surface area (Å²) in [6.07, 6.45) is 8.08. The minimum absolute atomic E-state index is 0.225. The fourth-order valence-corrected chi connectivity index (χ4v) is 3.08. The number of carbonyl (C=O) groups excluding carboxylic acids is 2. The van der Waals surface area contributed by atoms with Crippen molar-refractivity contribution in [3.8, 4) is 0 Å². The Labute approximate surface area is 126 Å². The molecule has 0 saturated heterocycles. The highest BCUT2D eigenvalue weighted by Gasteiger charge is 2.25. The van der Waals surface area contributed by atoms with Crippen molar-refractivity contribution in [2.24, 2.45) is 11.8 Å². The quantitative estimate of drug-likeness (QED) is 0.564. The molecule has 1 aromatic carbocycles. The molecule has 0 aromatic heterocycles. The third-order valence-electron chi connectivity index (χ3n) is 4.28. The van der Waals surface area contributed by atoms with Gasteiger partial charge in [0.2, 0.25) is 0 Å². The minimum atomic E-state index is -0.269. The van der Waals surface area contributed by atoms with Gasteiger partial charge in [-0.3, -0.25) is 4.79 Å². The molecule has 1 saturated carbocycles. The number of esters is 1. The van der Waals surface area contributed by atoms with E-state index in [9.17, 15) is 9.59 Å². The Kier molecular flexibility index (Phi) is 6.45. The summed E-state index contributed by atoms with van der Waals surface area (Å²) >= 11 is 0. The van der Waals surface area contributed by atoms with Gasteiger partial charge in [0.05, 0.1) is 5.92 Å². The van der Waals surface area contributed by atoms with E-state index in [0.29, 0.717) is 12.5 Å². The summed E-state index contributed by atoms with van der Waals surface area (Å²) in [5.41, 5.74) is 0.980. The lowest BCUT2D eigenvalue weighted by Gasteiger charge is -2.24. The standard InChI is InChI=1S/C18H24O3/c19-12-11-17(13-15-7-3-1-4-8-15)18(20)21-14-16-9-5-2-6-10-16/h2,5-6,9-10,12,15,17H,1,3-4,7-8,11,13-14H2. The van der Waals surface area contributed by atoms with Crippen LogP contribution in [0.1, 0.15) is 50.5 Å². The second-order valence-corrected chi connectivity index (χ2v) is 5.93. The van der Waals surface area contributed by atoms with Crippen LogP contribution in [0, 0.1) is 11.8 Å². The molecular formula is C18H24O3. The topological polar surface area (TPSA) is 43.4 Å². The second kappa shape index (κ2) is 8.60. The maximum absolute atomic E-state index is 12.2. The van der Waals surface area contributed by atoms with Crippen molar-refractivity contribution in [1.82, 2.24) is 0 Å². The van der Waals surface area contributed by atoms with Crippen molar-refractivity contribution in [1.29, 1.82) is 0 Å². The number of carbonyl (C=O) groups is 2. The first-order chi connectivity index (χ1) is 10.3. The second-order valence-electron chi connectivity index (χ2n) is 5.93. The molecule has 1 unspecified atom stereocenters. The van der Waals surface area contributed by atoms with Gasteiger partial charge in [-0.15, -0.1) is 0 Å². The van der Waals surface area contributed by atoms with Gasteiger partial charge in [-0.2, -0.15) is 0 Å². The van der Waals surface area contributed by atoms with Gasteiger partial charge < -0.3 is 9.53 Å². The first kappa shape index (κ1) is 15.7. The molecule has 0 amide bonds. The molecule has 0 radical (unpaired) electrons. The van der Waals surface area contributed by atoms with Crippen molar-refractivity contribution < 1.29 is 14.3 Å². The van der Waals surface area contributed by atoms with E-state index < -0.39 is 0 Å². The molecule has 0 aliphatic heterocycles. The molecule has 1 aliphatic carbocycles. The fraction of sp³-hybridized carbons (Fsp3) is 0.556. The summed E-state index contributed by atoms with van der Waals surface area (Å²) < 4.78 is 5.39. The van der Waals surface area contributed by atoms with Gasteiger partial charge in [0.1, 0.15) is 12.9 Å². The van der Waals surface area contributed by atoms with Crippen LogP contribution in [-0.4, -0.2) is 12.3 Å². The SMILES string of the molecule is O=CCC(CC1CCCCC1)C(=O)OCc1ccccc1. The summed E-state index contributed by atoms with van der Waals surface area (Å²) in [5.74, 6) is 0.0822. The smallest absolute Gasteiger partial charge is 0.309 e. The Balaban J connectivity index is 1.84. The normalized spacial score (nSPS) is 17.1. The number of hydrogen-bond donors (Lipinski definition) is 0. The molecule has 0 bridgehead atoms. The summed E-state index contributed by atoms with van der Waals surface area (Å²) in [4.78, 5) is 23.0. The van der Waals surface area contributed by atoms with E-state index >= 15 is 0 Å². The van der Waals surface area contributed by atoms with Crippen molar-refractivity contribution in [3.05, 3.63) is 35.9 Å². The summed E-state index contributed by atoms with van der Waals surface area (Å²) in [6.45, 7) is 0.291. The third-order valence-corrected chi connectivity index (χ3v) is 4.28. The van der Waals surface area contributed by atoms with Gasteiger partial charge in [0, 0.05) is 6.42 Å². The van der Waals surface area contributed by atoms with Gasteiger partial charge in [0.15, 0.2) is 0 Å². The predicted molar refractivity (Wildman–Crippen MR) is 81.6 cm³/mol. The molecule has 3 nitrogen and oxygen atoms in total. The Morgan fingerprint density at radius 2 is 1.90 bits per heavy atom. The Morgan fingerprint density at radius 1 is 1.19 bits per heavy atom. The Bertz CT molecular complexity index is 435. The van der Waals surface area contributed by atoms with Crippen LogP contribution in [0.5, 0.6) is 0 Å². The van der Waals surface area contributed by atoms with Gasteiger partial charge >= 0.3 is 5.97 Å². The van der Waals surface area contributed by atoms with Crippen LogP contribution in [0.2, 0.25) is 0 Å². The summed E-state index contributed by atoms with van der Waals surface area (Å²) in [7, 11) is 0. The van der Waals surface area contributed by atoms with Crippen LogP contribution in [-0.2, 0) is 20.9 Å². The Hall–Kier alpha value is -1.64. The molecule has 1 aliphatic rings. The number of ether oxygens (including phenoxy) is 1. The van der Waals surface area contributed by atoms with E-state index in [-0.39, 0.29) is 18.3 Å². The van der Waals surface area contributed by atoms with E-state index in [2.05, 4.69) is 0 Å². The number of aldehydes is 1.